The maximum absolute atomic E-state index is 12.3. The predicted octanol–water partition coefficient (Wildman–Crippen LogP) is 1.12. The third-order valence-corrected chi connectivity index (χ3v) is 3.94. The van der Waals surface area contributed by atoms with Gasteiger partial charge >= 0.3 is 5.97 Å². The van der Waals surface area contributed by atoms with Gasteiger partial charge in [0.1, 0.15) is 0 Å². The van der Waals surface area contributed by atoms with Gasteiger partial charge in [-0.2, -0.15) is 5.06 Å². The summed E-state index contributed by atoms with van der Waals surface area (Å²) in [6, 6.07) is 2.43. The SMILES string of the molecule is CC1(C)CC(C(=O)On2c(O)ccc2O)C(C)(C)N1O. The molecule has 0 radical (unpaired) electrons. The van der Waals surface area contributed by atoms with Crippen LogP contribution in [0.4, 0.5) is 0 Å². The van der Waals surface area contributed by atoms with Crippen molar-refractivity contribution in [3.8, 4) is 11.8 Å². The molecule has 2 heterocycles. The van der Waals surface area contributed by atoms with Crippen LogP contribution in [-0.4, -0.2) is 42.3 Å². The lowest BCUT2D eigenvalue weighted by atomic mass is 9.87. The number of aromatic nitrogens is 1. The monoisotopic (exact) mass is 284 g/mol. The summed E-state index contributed by atoms with van der Waals surface area (Å²) in [4.78, 5) is 17.3. The van der Waals surface area contributed by atoms with Gasteiger partial charge in [-0.05, 0) is 34.1 Å². The van der Waals surface area contributed by atoms with Crippen LogP contribution in [0.2, 0.25) is 0 Å². The average molecular weight is 284 g/mol. The minimum atomic E-state index is -0.807. The van der Waals surface area contributed by atoms with E-state index in [0.717, 1.165) is 5.06 Å². The molecule has 1 unspecified atom stereocenters. The van der Waals surface area contributed by atoms with Crippen LogP contribution in [-0.2, 0) is 4.79 Å². The van der Waals surface area contributed by atoms with Crippen LogP contribution in [0, 0.1) is 5.92 Å². The van der Waals surface area contributed by atoms with Crippen LogP contribution in [0.25, 0.3) is 0 Å². The zero-order chi connectivity index (χ0) is 15.3. The largest absolute Gasteiger partial charge is 0.492 e. The van der Waals surface area contributed by atoms with Crippen molar-refractivity contribution >= 4 is 5.97 Å². The lowest BCUT2D eigenvalue weighted by molar-refractivity contribution is -0.200. The summed E-state index contributed by atoms with van der Waals surface area (Å²) in [6.07, 6.45) is 0.401. The molecule has 3 N–H and O–H groups in total. The predicted molar refractivity (Wildman–Crippen MR) is 69.2 cm³/mol. The Balaban J connectivity index is 2.22. The Hall–Kier alpha value is -1.73. The summed E-state index contributed by atoms with van der Waals surface area (Å²) >= 11 is 0. The second-order valence-electron chi connectivity index (χ2n) is 6.29. The second-order valence-corrected chi connectivity index (χ2v) is 6.29. The lowest BCUT2D eigenvalue weighted by Gasteiger charge is -2.35. The smallest absolute Gasteiger partial charge is 0.338 e. The summed E-state index contributed by atoms with van der Waals surface area (Å²) in [5, 5.41) is 30.3. The molecule has 0 spiro atoms. The normalized spacial score (nSPS) is 24.8. The molecule has 7 nitrogen and oxygen atoms in total. The molecule has 0 bridgehead atoms. The van der Waals surface area contributed by atoms with Crippen LogP contribution in [0.3, 0.4) is 0 Å². The molecule has 1 aliphatic rings. The van der Waals surface area contributed by atoms with Crippen molar-refractivity contribution in [1.29, 1.82) is 0 Å². The summed E-state index contributed by atoms with van der Waals surface area (Å²) in [6.45, 7) is 7.13. The van der Waals surface area contributed by atoms with E-state index in [4.69, 9.17) is 4.84 Å². The minimum Gasteiger partial charge on any atom is -0.492 e. The Kier molecular flexibility index (Phi) is 3.22. The highest BCUT2D eigenvalue weighted by molar-refractivity contribution is 5.75. The maximum Gasteiger partial charge on any atom is 0.338 e. The first kappa shape index (κ1) is 14.7. The Morgan fingerprint density at radius 1 is 1.25 bits per heavy atom. The van der Waals surface area contributed by atoms with E-state index in [2.05, 4.69) is 0 Å². The number of carbonyl (C=O) groups is 1. The molecule has 0 amide bonds. The van der Waals surface area contributed by atoms with Crippen molar-refractivity contribution < 1.29 is 25.1 Å². The third-order valence-electron chi connectivity index (χ3n) is 3.94. The summed E-state index contributed by atoms with van der Waals surface area (Å²) in [7, 11) is 0. The topological polar surface area (TPSA) is 95.2 Å². The van der Waals surface area contributed by atoms with Crippen LogP contribution in [0.1, 0.15) is 34.1 Å². The van der Waals surface area contributed by atoms with E-state index in [1.165, 1.54) is 12.1 Å². The second kappa shape index (κ2) is 4.39. The van der Waals surface area contributed by atoms with Gasteiger partial charge < -0.3 is 20.3 Å². The van der Waals surface area contributed by atoms with Gasteiger partial charge in [0.25, 0.3) is 0 Å². The van der Waals surface area contributed by atoms with Crippen molar-refractivity contribution in [1.82, 2.24) is 9.79 Å². The van der Waals surface area contributed by atoms with Crippen LogP contribution in [0.5, 0.6) is 11.8 Å². The maximum atomic E-state index is 12.3. The number of aromatic hydroxyl groups is 2. The molecular formula is C13H20N2O5. The van der Waals surface area contributed by atoms with Crippen molar-refractivity contribution in [3.05, 3.63) is 12.1 Å². The first-order chi connectivity index (χ1) is 9.07. The van der Waals surface area contributed by atoms with Gasteiger partial charge in [0.05, 0.1) is 11.5 Å². The van der Waals surface area contributed by atoms with Gasteiger partial charge in [-0.25, -0.2) is 4.79 Å². The van der Waals surface area contributed by atoms with Crippen molar-refractivity contribution in [2.24, 2.45) is 5.92 Å². The van der Waals surface area contributed by atoms with Crippen molar-refractivity contribution in [2.75, 3.05) is 0 Å². The van der Waals surface area contributed by atoms with Gasteiger partial charge in [0.2, 0.25) is 11.8 Å². The fraction of sp³-hybridized carbons (Fsp3) is 0.615. The highest BCUT2D eigenvalue weighted by Crippen LogP contribution is 2.43. The van der Waals surface area contributed by atoms with Gasteiger partial charge in [-0.3, -0.25) is 0 Å². The summed E-state index contributed by atoms with van der Waals surface area (Å²) in [5.74, 6) is -1.95. The zero-order valence-electron chi connectivity index (χ0n) is 12.0. The molecular weight excluding hydrogens is 264 g/mol. The fourth-order valence-corrected chi connectivity index (χ4v) is 2.78. The van der Waals surface area contributed by atoms with Crippen LogP contribution < -0.4 is 4.84 Å². The quantitative estimate of drug-likeness (QED) is 0.753. The Morgan fingerprint density at radius 2 is 1.75 bits per heavy atom. The Labute approximate surface area is 116 Å². The molecule has 1 fully saturated rings. The number of rotatable bonds is 2. The molecule has 2 rings (SSSR count). The molecule has 1 saturated heterocycles. The van der Waals surface area contributed by atoms with E-state index in [0.29, 0.717) is 11.2 Å². The van der Waals surface area contributed by atoms with Gasteiger partial charge in [0, 0.05) is 17.7 Å². The molecule has 112 valence electrons. The molecule has 0 saturated carbocycles. The van der Waals surface area contributed by atoms with Crippen molar-refractivity contribution in [3.63, 3.8) is 0 Å². The molecule has 0 aliphatic carbocycles. The Morgan fingerprint density at radius 3 is 2.15 bits per heavy atom. The average Bonchev–Trinajstić information content (AvgIpc) is 2.73. The number of nitrogens with zero attached hydrogens (tertiary/aromatic N) is 2. The molecule has 1 atom stereocenters. The van der Waals surface area contributed by atoms with E-state index < -0.39 is 23.0 Å². The lowest BCUT2D eigenvalue weighted by Crippen LogP contribution is -2.49. The molecule has 1 aromatic heterocycles. The van der Waals surface area contributed by atoms with Gasteiger partial charge in [0.15, 0.2) is 0 Å². The first-order valence-electron chi connectivity index (χ1n) is 6.38. The standard InChI is InChI=1S/C13H20N2O5/c1-12(2)7-8(13(3,4)15(12)19)11(18)20-14-9(16)5-6-10(14)17/h5-6,8,16-17,19H,7H2,1-4H3. The van der Waals surface area contributed by atoms with Gasteiger partial charge in [-0.1, -0.05) is 0 Å². The number of hydroxylamine groups is 2. The number of hydrogen-bond acceptors (Lipinski definition) is 6. The van der Waals surface area contributed by atoms with E-state index in [9.17, 15) is 20.2 Å². The highest BCUT2D eigenvalue weighted by atomic mass is 16.7. The molecule has 0 aromatic carbocycles. The fourth-order valence-electron chi connectivity index (χ4n) is 2.78. The number of hydrogen-bond donors (Lipinski definition) is 3. The zero-order valence-corrected chi connectivity index (χ0v) is 12.0. The number of carbonyl (C=O) groups excluding carboxylic acids is 1. The highest BCUT2D eigenvalue weighted by Gasteiger charge is 2.55. The minimum absolute atomic E-state index is 0.369. The van der Waals surface area contributed by atoms with Crippen LogP contribution >= 0.6 is 0 Å². The Bertz CT molecular complexity index is 515. The van der Waals surface area contributed by atoms with E-state index >= 15 is 0 Å². The van der Waals surface area contributed by atoms with E-state index in [1.54, 1.807) is 13.8 Å². The molecule has 1 aliphatic heterocycles. The van der Waals surface area contributed by atoms with Crippen molar-refractivity contribution in [2.45, 2.75) is 45.2 Å². The third kappa shape index (κ3) is 2.12. The first-order valence-corrected chi connectivity index (χ1v) is 6.38. The summed E-state index contributed by atoms with van der Waals surface area (Å²) in [5.41, 5.74) is -1.37. The molecule has 20 heavy (non-hydrogen) atoms. The van der Waals surface area contributed by atoms with E-state index in [-0.39, 0.29) is 11.8 Å². The summed E-state index contributed by atoms with van der Waals surface area (Å²) < 4.78 is 0.658. The van der Waals surface area contributed by atoms with Crippen LogP contribution in [0.15, 0.2) is 12.1 Å². The molecule has 1 aromatic rings. The van der Waals surface area contributed by atoms with Gasteiger partial charge in [-0.15, -0.1) is 4.73 Å². The molecule has 7 heteroatoms. The van der Waals surface area contributed by atoms with E-state index in [1.807, 2.05) is 13.8 Å².